The number of ether oxygens (including phenoxy) is 2. The highest BCUT2D eigenvalue weighted by molar-refractivity contribution is 6.07. The Kier molecular flexibility index (Phi) is 5.26. The second-order valence-electron chi connectivity index (χ2n) is 4.89. The van der Waals surface area contributed by atoms with Crippen LogP contribution in [0.5, 0.6) is 5.75 Å². The number of methoxy groups -OCH3 is 1. The molecule has 1 amide bonds. The molecule has 0 aliphatic carbocycles. The van der Waals surface area contributed by atoms with E-state index in [2.05, 4.69) is 19.8 Å². The zero-order chi connectivity index (χ0) is 18.6. The van der Waals surface area contributed by atoms with Crippen molar-refractivity contribution in [1.82, 2.24) is 4.98 Å². The van der Waals surface area contributed by atoms with Crippen molar-refractivity contribution < 1.29 is 32.2 Å². The van der Waals surface area contributed by atoms with Gasteiger partial charge in [-0.3, -0.25) is 9.78 Å². The lowest BCUT2D eigenvalue weighted by Gasteiger charge is -2.14. The van der Waals surface area contributed by atoms with E-state index >= 15 is 0 Å². The van der Waals surface area contributed by atoms with Gasteiger partial charge in [-0.25, -0.2) is 4.79 Å². The number of aromatic nitrogens is 1. The minimum Gasteiger partial charge on any atom is -0.465 e. The van der Waals surface area contributed by atoms with Crippen molar-refractivity contribution in [3.8, 4) is 5.75 Å². The van der Waals surface area contributed by atoms with Crippen LogP contribution in [0.2, 0.25) is 0 Å². The molecule has 2 aromatic rings. The van der Waals surface area contributed by atoms with Crippen molar-refractivity contribution in [2.75, 3.05) is 12.4 Å². The number of nitrogens with one attached hydrogen (secondary N) is 1. The number of pyridine rings is 1. The summed E-state index contributed by atoms with van der Waals surface area (Å²) in [5, 5.41) is 2.43. The molecule has 0 saturated heterocycles. The molecule has 0 atom stereocenters. The number of halogens is 3. The van der Waals surface area contributed by atoms with Gasteiger partial charge in [-0.2, -0.15) is 0 Å². The summed E-state index contributed by atoms with van der Waals surface area (Å²) < 4.78 is 46.0. The van der Waals surface area contributed by atoms with Gasteiger partial charge in [0.15, 0.2) is 0 Å². The predicted octanol–water partition coefficient (Wildman–Crippen LogP) is 3.33. The Hall–Kier alpha value is -3.10. The Labute approximate surface area is 140 Å². The second-order valence-corrected chi connectivity index (χ2v) is 4.89. The summed E-state index contributed by atoms with van der Waals surface area (Å²) in [4.78, 5) is 27.9. The van der Waals surface area contributed by atoms with E-state index < -0.39 is 29.6 Å². The third-order valence-corrected chi connectivity index (χ3v) is 3.03. The predicted molar refractivity (Wildman–Crippen MR) is 81.4 cm³/mol. The highest BCUT2D eigenvalue weighted by Crippen LogP contribution is 2.28. The van der Waals surface area contributed by atoms with E-state index in [-0.39, 0.29) is 5.56 Å². The number of benzene rings is 1. The molecular weight excluding hydrogens is 341 g/mol. The monoisotopic (exact) mass is 354 g/mol. The van der Waals surface area contributed by atoms with Crippen LogP contribution in [0, 0.1) is 6.92 Å². The first-order chi connectivity index (χ1) is 11.7. The van der Waals surface area contributed by atoms with Crippen LogP contribution in [0.4, 0.5) is 18.9 Å². The smallest absolute Gasteiger partial charge is 0.465 e. The van der Waals surface area contributed by atoms with Crippen LogP contribution >= 0.6 is 0 Å². The minimum atomic E-state index is -4.99. The summed E-state index contributed by atoms with van der Waals surface area (Å²) in [7, 11) is 1.11. The number of esters is 1. The zero-order valence-corrected chi connectivity index (χ0v) is 13.2. The van der Waals surface area contributed by atoms with Crippen LogP contribution in [0.15, 0.2) is 36.5 Å². The molecule has 1 aromatic heterocycles. The van der Waals surface area contributed by atoms with Gasteiger partial charge in [0.05, 0.1) is 18.2 Å². The van der Waals surface area contributed by atoms with E-state index in [9.17, 15) is 22.8 Å². The Morgan fingerprint density at radius 2 is 1.88 bits per heavy atom. The van der Waals surface area contributed by atoms with E-state index in [4.69, 9.17) is 0 Å². The fourth-order valence-electron chi connectivity index (χ4n) is 1.99. The molecule has 1 aromatic carbocycles. The Balaban J connectivity index is 2.40. The molecule has 1 heterocycles. The topological polar surface area (TPSA) is 77.5 Å². The van der Waals surface area contributed by atoms with E-state index in [1.54, 1.807) is 6.92 Å². The third-order valence-electron chi connectivity index (χ3n) is 3.03. The Morgan fingerprint density at radius 3 is 2.48 bits per heavy atom. The molecule has 132 valence electrons. The van der Waals surface area contributed by atoms with Crippen LogP contribution < -0.4 is 10.1 Å². The highest BCUT2D eigenvalue weighted by atomic mass is 19.4. The molecule has 9 heteroatoms. The minimum absolute atomic E-state index is 0.0897. The zero-order valence-electron chi connectivity index (χ0n) is 13.2. The van der Waals surface area contributed by atoms with Gasteiger partial charge in [0.25, 0.3) is 5.91 Å². The van der Waals surface area contributed by atoms with Gasteiger partial charge in [-0.05, 0) is 37.3 Å². The summed E-state index contributed by atoms with van der Waals surface area (Å²) in [5.74, 6) is -2.41. The van der Waals surface area contributed by atoms with Crippen molar-refractivity contribution in [3.05, 3.63) is 53.3 Å². The van der Waals surface area contributed by atoms with Crippen molar-refractivity contribution in [3.63, 3.8) is 0 Å². The number of carbonyl (C=O) groups is 2. The van der Waals surface area contributed by atoms with Crippen LogP contribution in [0.25, 0.3) is 0 Å². The molecule has 0 radical (unpaired) electrons. The summed E-state index contributed by atoms with van der Waals surface area (Å²) in [5.41, 5.74) is 0.384. The van der Waals surface area contributed by atoms with Crippen molar-refractivity contribution in [1.29, 1.82) is 0 Å². The molecule has 0 fully saturated rings. The number of aryl methyl sites for hydroxylation is 1. The number of amides is 1. The van der Waals surface area contributed by atoms with Crippen molar-refractivity contribution in [2.24, 2.45) is 0 Å². The number of nitrogens with zero attached hydrogens (tertiary/aromatic N) is 1. The number of hydrogen-bond donors (Lipinski definition) is 1. The van der Waals surface area contributed by atoms with Crippen LogP contribution in [-0.2, 0) is 4.74 Å². The number of alkyl halides is 3. The number of anilines is 1. The van der Waals surface area contributed by atoms with Gasteiger partial charge in [0.1, 0.15) is 5.75 Å². The summed E-state index contributed by atoms with van der Waals surface area (Å²) in [6.07, 6.45) is -3.56. The Morgan fingerprint density at radius 1 is 1.16 bits per heavy atom. The standard InChI is InChI=1S/C16H13F3N2O4/c1-9-7-11(5-6-20-9)21-14(22)12-8-10(15(23)24-2)3-4-13(12)25-16(17,18)19/h3-8H,1-2H3,(H,20,21,22). The lowest BCUT2D eigenvalue weighted by molar-refractivity contribution is -0.274. The molecule has 2 rings (SSSR count). The first kappa shape index (κ1) is 18.2. The Bertz CT molecular complexity index is 806. The van der Waals surface area contributed by atoms with Gasteiger partial charge < -0.3 is 14.8 Å². The number of carbonyl (C=O) groups excluding carboxylic acids is 2. The third kappa shape index (κ3) is 4.93. The van der Waals surface area contributed by atoms with E-state index in [0.717, 1.165) is 25.3 Å². The molecule has 6 nitrogen and oxygen atoms in total. The molecule has 0 unspecified atom stereocenters. The number of hydrogen-bond acceptors (Lipinski definition) is 5. The first-order valence-electron chi connectivity index (χ1n) is 6.92. The highest BCUT2D eigenvalue weighted by Gasteiger charge is 2.33. The van der Waals surface area contributed by atoms with Gasteiger partial charge in [-0.15, -0.1) is 13.2 Å². The fourth-order valence-corrected chi connectivity index (χ4v) is 1.99. The van der Waals surface area contributed by atoms with Gasteiger partial charge in [0, 0.05) is 17.6 Å². The largest absolute Gasteiger partial charge is 0.573 e. The molecule has 0 bridgehead atoms. The lowest BCUT2D eigenvalue weighted by Crippen LogP contribution is -2.21. The molecule has 0 aliphatic heterocycles. The SMILES string of the molecule is COC(=O)c1ccc(OC(F)(F)F)c(C(=O)Nc2ccnc(C)c2)c1. The van der Waals surface area contributed by atoms with Gasteiger partial charge >= 0.3 is 12.3 Å². The maximum absolute atomic E-state index is 12.5. The molecule has 1 N–H and O–H groups in total. The van der Waals surface area contributed by atoms with E-state index in [1.165, 1.54) is 18.3 Å². The maximum Gasteiger partial charge on any atom is 0.573 e. The molecule has 25 heavy (non-hydrogen) atoms. The number of rotatable bonds is 4. The van der Waals surface area contributed by atoms with Crippen LogP contribution in [0.1, 0.15) is 26.4 Å². The fraction of sp³-hybridized carbons (Fsp3) is 0.188. The van der Waals surface area contributed by atoms with Crippen LogP contribution in [0.3, 0.4) is 0 Å². The van der Waals surface area contributed by atoms with E-state index in [0.29, 0.717) is 11.4 Å². The first-order valence-corrected chi connectivity index (χ1v) is 6.92. The average Bonchev–Trinajstić information content (AvgIpc) is 2.53. The molecule has 0 saturated carbocycles. The quantitative estimate of drug-likeness (QED) is 0.852. The molecule has 0 spiro atoms. The van der Waals surface area contributed by atoms with Gasteiger partial charge in [0.2, 0.25) is 0 Å². The summed E-state index contributed by atoms with van der Waals surface area (Å²) >= 11 is 0. The summed E-state index contributed by atoms with van der Waals surface area (Å²) in [6.45, 7) is 1.69. The normalized spacial score (nSPS) is 10.9. The lowest BCUT2D eigenvalue weighted by atomic mass is 10.1. The van der Waals surface area contributed by atoms with Crippen molar-refractivity contribution >= 4 is 17.6 Å². The second kappa shape index (κ2) is 7.20. The summed E-state index contributed by atoms with van der Waals surface area (Å²) in [6, 6.07) is 5.93. The van der Waals surface area contributed by atoms with Crippen molar-refractivity contribution in [2.45, 2.75) is 13.3 Å². The average molecular weight is 354 g/mol. The maximum atomic E-state index is 12.5. The molecule has 0 aliphatic rings. The van der Waals surface area contributed by atoms with E-state index in [1.807, 2.05) is 0 Å². The van der Waals surface area contributed by atoms with Gasteiger partial charge in [-0.1, -0.05) is 0 Å². The van der Waals surface area contributed by atoms with Crippen LogP contribution in [-0.4, -0.2) is 30.3 Å². The molecular formula is C16H13F3N2O4.